The van der Waals surface area contributed by atoms with Crippen LogP contribution in [-0.2, 0) is 20.8 Å². The molecule has 232 valence electrons. The van der Waals surface area contributed by atoms with Gasteiger partial charge in [0, 0.05) is 36.0 Å². The van der Waals surface area contributed by atoms with Crippen LogP contribution in [0.25, 0.3) is 22.0 Å². The highest BCUT2D eigenvalue weighted by Gasteiger charge is 2.27. The highest BCUT2D eigenvalue weighted by molar-refractivity contribution is 5.86. The number of H-pyrrole nitrogens is 1. The van der Waals surface area contributed by atoms with Gasteiger partial charge in [0.15, 0.2) is 0 Å². The van der Waals surface area contributed by atoms with Gasteiger partial charge < -0.3 is 26.6 Å². The van der Waals surface area contributed by atoms with Crippen LogP contribution in [0.15, 0.2) is 122 Å². The van der Waals surface area contributed by atoms with E-state index < -0.39 is 0 Å². The molecule has 0 spiro atoms. The lowest BCUT2D eigenvalue weighted by Gasteiger charge is -2.13. The van der Waals surface area contributed by atoms with Gasteiger partial charge in [-0.3, -0.25) is 9.59 Å². The second-order valence-electron chi connectivity index (χ2n) is 10.4. The fourth-order valence-corrected chi connectivity index (χ4v) is 5.39. The minimum absolute atomic E-state index is 0.250. The van der Waals surface area contributed by atoms with Gasteiger partial charge in [-0.05, 0) is 58.5 Å². The van der Waals surface area contributed by atoms with Crippen LogP contribution in [0.3, 0.4) is 0 Å². The minimum Gasteiger partial charge on any atom is -0.390 e. The third kappa shape index (κ3) is 9.28. The van der Waals surface area contributed by atoms with Crippen molar-refractivity contribution < 1.29 is 14.4 Å². The van der Waals surface area contributed by atoms with Crippen LogP contribution in [0.4, 0.5) is 0 Å². The average molecular weight is 603 g/mol. The summed E-state index contributed by atoms with van der Waals surface area (Å²) in [6.45, 7) is 6.62. The Bertz CT molecular complexity index is 1620. The summed E-state index contributed by atoms with van der Waals surface area (Å²) in [7, 11) is 0. The first-order chi connectivity index (χ1) is 22.0. The molecule has 7 heteroatoms. The molecule has 0 radical (unpaired) electrons. The highest BCUT2D eigenvalue weighted by Crippen LogP contribution is 2.44. The number of carbonyl (C=O) groups excluding carboxylic acids is 3. The minimum atomic E-state index is -0.296. The van der Waals surface area contributed by atoms with Crippen molar-refractivity contribution in [1.29, 1.82) is 0 Å². The molecule has 0 fully saturated rings. The summed E-state index contributed by atoms with van der Waals surface area (Å²) in [6, 6.07) is 35.1. The van der Waals surface area contributed by atoms with E-state index in [0.29, 0.717) is 18.8 Å². The summed E-state index contributed by atoms with van der Waals surface area (Å²) in [6.07, 6.45) is 7.21. The quantitative estimate of drug-likeness (QED) is 0.142. The smallest absolute Gasteiger partial charge is 0.225 e. The number of para-hydroxylation sites is 1. The second kappa shape index (κ2) is 18.3. The molecular weight excluding hydrogens is 560 g/mol. The topological polar surface area (TPSA) is 131 Å². The number of aldehydes is 1. The average Bonchev–Trinajstić information content (AvgIpc) is 3.63. The SMILES string of the molecule is C=CNCC1c2ccccc2-c2ccccc21.CCCC=O.NC(=O)C(Cc1c[nH]c2ccccc12)c1ccccc1.NC=O. The van der Waals surface area contributed by atoms with Crippen LogP contribution in [0.1, 0.15) is 53.9 Å². The zero-order chi connectivity index (χ0) is 32.4. The number of aromatic nitrogens is 1. The fourth-order valence-electron chi connectivity index (χ4n) is 5.39. The molecule has 6 rings (SSSR count). The second-order valence-corrected chi connectivity index (χ2v) is 10.4. The number of nitrogens with two attached hydrogens (primary N) is 2. The van der Waals surface area contributed by atoms with E-state index in [2.05, 4.69) is 77.2 Å². The van der Waals surface area contributed by atoms with E-state index in [-0.39, 0.29) is 18.2 Å². The maximum Gasteiger partial charge on any atom is 0.225 e. The molecule has 45 heavy (non-hydrogen) atoms. The van der Waals surface area contributed by atoms with Crippen molar-refractivity contribution in [2.75, 3.05) is 6.54 Å². The number of hydrogen-bond acceptors (Lipinski definition) is 4. The third-order valence-corrected chi connectivity index (χ3v) is 7.48. The van der Waals surface area contributed by atoms with E-state index in [1.807, 2.05) is 61.7 Å². The maximum absolute atomic E-state index is 11.8. The first-order valence-corrected chi connectivity index (χ1v) is 15.0. The summed E-state index contributed by atoms with van der Waals surface area (Å²) in [5.41, 5.74) is 18.5. The molecule has 7 nitrogen and oxygen atoms in total. The molecule has 0 saturated heterocycles. The van der Waals surface area contributed by atoms with E-state index in [1.165, 1.54) is 22.3 Å². The standard InChI is InChI=1S/C17H16N2O.C16H15N.C4H8O.CH3NO/c18-17(20)15(12-6-2-1-3-7-12)10-13-11-19-16-9-5-4-8-14(13)16;1-2-17-11-16-14-9-5-3-7-12(14)13-8-4-6-10-15(13)16;1-2-3-4-5;2-1-3/h1-9,11,15,19H,10H2,(H2,18,20);2-10,16-17H,1,11H2;4H,2-3H2,1H3;1H,(H2,2,3). The van der Waals surface area contributed by atoms with Crippen LogP contribution >= 0.6 is 0 Å². The molecule has 0 aliphatic heterocycles. The summed E-state index contributed by atoms with van der Waals surface area (Å²) >= 11 is 0. The Morgan fingerprint density at radius 2 is 1.44 bits per heavy atom. The molecule has 1 unspecified atom stereocenters. The number of hydrogen-bond donors (Lipinski definition) is 4. The van der Waals surface area contributed by atoms with Crippen molar-refractivity contribution >= 4 is 29.5 Å². The molecule has 1 aromatic heterocycles. The molecule has 1 aliphatic carbocycles. The van der Waals surface area contributed by atoms with Gasteiger partial charge in [-0.15, -0.1) is 0 Å². The molecule has 2 amide bonds. The van der Waals surface area contributed by atoms with Crippen LogP contribution in [-0.4, -0.2) is 30.1 Å². The molecular formula is C38H42N4O3. The monoisotopic (exact) mass is 602 g/mol. The van der Waals surface area contributed by atoms with Crippen LogP contribution < -0.4 is 16.8 Å². The Balaban J connectivity index is 0.000000200. The Kier molecular flexibility index (Phi) is 13.8. The number of benzene rings is 4. The summed E-state index contributed by atoms with van der Waals surface area (Å²) < 4.78 is 0. The summed E-state index contributed by atoms with van der Waals surface area (Å²) in [5, 5.41) is 4.38. The predicted octanol–water partition coefficient (Wildman–Crippen LogP) is 6.60. The summed E-state index contributed by atoms with van der Waals surface area (Å²) in [5.74, 6) is -0.141. The Morgan fingerprint density at radius 3 is 1.98 bits per heavy atom. The zero-order valence-electron chi connectivity index (χ0n) is 25.7. The zero-order valence-corrected chi connectivity index (χ0v) is 25.7. The number of rotatable bonds is 9. The molecule has 1 aliphatic rings. The van der Waals surface area contributed by atoms with Gasteiger partial charge in [-0.1, -0.05) is 111 Å². The van der Waals surface area contributed by atoms with Gasteiger partial charge in [0.2, 0.25) is 12.3 Å². The van der Waals surface area contributed by atoms with Gasteiger partial charge in [-0.25, -0.2) is 0 Å². The van der Waals surface area contributed by atoms with Crippen molar-refractivity contribution in [2.45, 2.75) is 38.0 Å². The van der Waals surface area contributed by atoms with Crippen LogP contribution in [0, 0.1) is 0 Å². The first kappa shape index (κ1) is 34.1. The van der Waals surface area contributed by atoms with Crippen molar-refractivity contribution in [3.8, 4) is 11.1 Å². The van der Waals surface area contributed by atoms with E-state index in [1.54, 1.807) is 6.20 Å². The number of unbranched alkanes of at least 4 members (excludes halogenated alkanes) is 1. The lowest BCUT2D eigenvalue weighted by Crippen LogP contribution is -2.23. The van der Waals surface area contributed by atoms with Gasteiger partial charge >= 0.3 is 0 Å². The van der Waals surface area contributed by atoms with E-state index in [4.69, 9.17) is 10.5 Å². The molecule has 6 N–H and O–H groups in total. The number of aromatic amines is 1. The highest BCUT2D eigenvalue weighted by atomic mass is 16.1. The van der Waals surface area contributed by atoms with Gasteiger partial charge in [0.05, 0.1) is 5.92 Å². The molecule has 4 aromatic carbocycles. The largest absolute Gasteiger partial charge is 0.390 e. The number of carbonyl (C=O) groups is 3. The van der Waals surface area contributed by atoms with Crippen molar-refractivity contribution in [1.82, 2.24) is 10.3 Å². The Hall–Kier alpha value is -5.43. The third-order valence-electron chi connectivity index (χ3n) is 7.48. The van der Waals surface area contributed by atoms with E-state index in [9.17, 15) is 9.59 Å². The first-order valence-electron chi connectivity index (χ1n) is 15.0. The fraction of sp³-hybridized carbons (Fsp3) is 0.184. The Labute approximate surface area is 265 Å². The maximum atomic E-state index is 11.8. The molecule has 5 aromatic rings. The van der Waals surface area contributed by atoms with Gasteiger partial charge in [0.1, 0.15) is 6.29 Å². The lowest BCUT2D eigenvalue weighted by molar-refractivity contribution is -0.119. The van der Waals surface area contributed by atoms with Crippen molar-refractivity contribution in [2.24, 2.45) is 11.5 Å². The molecule has 1 heterocycles. The molecule has 1 atom stereocenters. The van der Waals surface area contributed by atoms with Crippen molar-refractivity contribution in [3.63, 3.8) is 0 Å². The normalized spacial score (nSPS) is 11.5. The molecule has 0 bridgehead atoms. The number of nitrogens with one attached hydrogen (secondary N) is 2. The number of fused-ring (bicyclic) bond motifs is 4. The van der Waals surface area contributed by atoms with Crippen LogP contribution in [0.2, 0.25) is 0 Å². The van der Waals surface area contributed by atoms with E-state index in [0.717, 1.165) is 41.3 Å². The van der Waals surface area contributed by atoms with Gasteiger partial charge in [-0.2, -0.15) is 0 Å². The number of primary amides is 2. The van der Waals surface area contributed by atoms with Gasteiger partial charge in [0.25, 0.3) is 0 Å². The number of amides is 2. The molecule has 0 saturated carbocycles. The summed E-state index contributed by atoms with van der Waals surface area (Å²) in [4.78, 5) is 33.0. The van der Waals surface area contributed by atoms with Crippen LogP contribution in [0.5, 0.6) is 0 Å². The Morgan fingerprint density at radius 1 is 0.889 bits per heavy atom. The lowest BCUT2D eigenvalue weighted by atomic mass is 9.91. The van der Waals surface area contributed by atoms with Crippen molar-refractivity contribution in [3.05, 3.63) is 144 Å². The predicted molar refractivity (Wildman–Crippen MR) is 184 cm³/mol. The van der Waals surface area contributed by atoms with E-state index >= 15 is 0 Å².